The average Bonchev–Trinajstić information content (AvgIpc) is 1.83. The predicted molar refractivity (Wildman–Crippen MR) is 33.7 cm³/mol. The van der Waals surface area contributed by atoms with Gasteiger partial charge in [-0.1, -0.05) is 0 Å². The first-order valence-corrected chi connectivity index (χ1v) is 2.74. The Morgan fingerprint density at radius 2 is 1.67 bits per heavy atom. The lowest BCUT2D eigenvalue weighted by atomic mass is 10.4. The largest absolute Gasteiger partial charge is 0.438 e. The molecule has 0 fully saturated rings. The molecule has 0 atom stereocenters. The number of aromatic nitrogens is 3. The van der Waals surface area contributed by atoms with Gasteiger partial charge in [-0.25, -0.2) is 0 Å². The highest BCUT2D eigenvalue weighted by Crippen LogP contribution is 2.30. The average molecular weight is 179 g/mol. The van der Waals surface area contributed by atoms with Crippen molar-refractivity contribution in [2.24, 2.45) is 0 Å². The van der Waals surface area contributed by atoms with E-state index in [9.17, 15) is 13.2 Å². The molecule has 0 bridgehead atoms. The van der Waals surface area contributed by atoms with Gasteiger partial charge in [-0.15, -0.1) is 10.2 Å². The Balaban J connectivity index is 3.19. The summed E-state index contributed by atoms with van der Waals surface area (Å²) in [5, 5.41) is 5.68. The van der Waals surface area contributed by atoms with Crippen LogP contribution in [0.1, 0.15) is 5.69 Å². The van der Waals surface area contributed by atoms with Crippen molar-refractivity contribution in [3.8, 4) is 0 Å². The van der Waals surface area contributed by atoms with Crippen LogP contribution >= 0.6 is 0 Å². The Morgan fingerprint density at radius 3 is 2.08 bits per heavy atom. The molecule has 0 spiro atoms. The van der Waals surface area contributed by atoms with Gasteiger partial charge in [0.15, 0.2) is 5.82 Å². The van der Waals surface area contributed by atoms with Crippen molar-refractivity contribution < 1.29 is 13.2 Å². The van der Waals surface area contributed by atoms with Crippen molar-refractivity contribution in [1.82, 2.24) is 15.2 Å². The fraction of sp³-hybridized carbons (Fsp3) is 0.250. The number of alkyl halides is 3. The van der Waals surface area contributed by atoms with Gasteiger partial charge in [0.2, 0.25) is 11.6 Å². The summed E-state index contributed by atoms with van der Waals surface area (Å²) in [6, 6.07) is 0. The first kappa shape index (κ1) is 8.50. The van der Waals surface area contributed by atoms with Crippen LogP contribution in [-0.2, 0) is 6.18 Å². The van der Waals surface area contributed by atoms with E-state index < -0.39 is 17.7 Å². The zero-order chi connectivity index (χ0) is 9.35. The van der Waals surface area contributed by atoms with Gasteiger partial charge in [-0.3, -0.25) is 0 Å². The standard InChI is InChI=1S/C4H4F3N5/c5-4(6,7)1-2(8)10-3(9)12-11-1/h(H4,8,9,10,12). The van der Waals surface area contributed by atoms with Crippen LogP contribution in [0, 0.1) is 0 Å². The van der Waals surface area contributed by atoms with Crippen LogP contribution in [0.3, 0.4) is 0 Å². The monoisotopic (exact) mass is 179 g/mol. The van der Waals surface area contributed by atoms with Gasteiger partial charge >= 0.3 is 6.18 Å². The Morgan fingerprint density at radius 1 is 1.08 bits per heavy atom. The number of nitrogens with two attached hydrogens (primary N) is 2. The SMILES string of the molecule is Nc1nnc(C(F)(F)F)c(N)n1. The van der Waals surface area contributed by atoms with Gasteiger partial charge in [0, 0.05) is 0 Å². The van der Waals surface area contributed by atoms with E-state index in [1.54, 1.807) is 0 Å². The lowest BCUT2D eigenvalue weighted by Crippen LogP contribution is -2.15. The summed E-state index contributed by atoms with van der Waals surface area (Å²) in [6.45, 7) is 0. The maximum atomic E-state index is 11.9. The van der Waals surface area contributed by atoms with E-state index >= 15 is 0 Å². The van der Waals surface area contributed by atoms with Crippen molar-refractivity contribution in [1.29, 1.82) is 0 Å². The highest BCUT2D eigenvalue weighted by Gasteiger charge is 2.36. The molecule has 12 heavy (non-hydrogen) atoms. The molecular formula is C4H4F3N5. The normalized spacial score (nSPS) is 11.6. The number of hydrogen-bond donors (Lipinski definition) is 2. The van der Waals surface area contributed by atoms with Gasteiger partial charge in [0.05, 0.1) is 0 Å². The van der Waals surface area contributed by atoms with E-state index in [4.69, 9.17) is 11.5 Å². The predicted octanol–water partition coefficient (Wildman–Crippen LogP) is 0.0548. The van der Waals surface area contributed by atoms with Crippen LogP contribution < -0.4 is 11.5 Å². The van der Waals surface area contributed by atoms with Crippen LogP contribution in [0.25, 0.3) is 0 Å². The molecule has 0 aliphatic rings. The molecule has 8 heteroatoms. The maximum absolute atomic E-state index is 11.9. The van der Waals surface area contributed by atoms with E-state index in [0.29, 0.717) is 0 Å². The number of rotatable bonds is 0. The second-order valence-corrected chi connectivity index (χ2v) is 1.90. The number of nitrogen functional groups attached to an aromatic ring is 2. The van der Waals surface area contributed by atoms with Gasteiger partial charge < -0.3 is 11.5 Å². The minimum absolute atomic E-state index is 0.388. The van der Waals surface area contributed by atoms with Gasteiger partial charge in [0.25, 0.3) is 0 Å². The molecule has 0 radical (unpaired) electrons. The first-order chi connectivity index (χ1) is 5.41. The Bertz CT molecular complexity index is 295. The molecule has 5 nitrogen and oxygen atoms in total. The number of nitrogens with zero attached hydrogens (tertiary/aromatic N) is 3. The lowest BCUT2D eigenvalue weighted by Gasteiger charge is -2.05. The molecule has 1 rings (SSSR count). The summed E-state index contributed by atoms with van der Waals surface area (Å²) < 4.78 is 35.8. The molecular weight excluding hydrogens is 175 g/mol. The van der Waals surface area contributed by atoms with Crippen LogP contribution in [0.15, 0.2) is 0 Å². The van der Waals surface area contributed by atoms with Crippen molar-refractivity contribution in [2.45, 2.75) is 6.18 Å². The third-order valence-corrected chi connectivity index (χ3v) is 0.999. The third-order valence-electron chi connectivity index (χ3n) is 0.999. The Labute approximate surface area is 64.6 Å². The van der Waals surface area contributed by atoms with Crippen molar-refractivity contribution in [3.63, 3.8) is 0 Å². The van der Waals surface area contributed by atoms with Crippen molar-refractivity contribution in [3.05, 3.63) is 5.69 Å². The fourth-order valence-electron chi connectivity index (χ4n) is 0.553. The Hall–Kier alpha value is -1.60. The zero-order valence-electron chi connectivity index (χ0n) is 5.63. The van der Waals surface area contributed by atoms with Crippen molar-refractivity contribution in [2.75, 3.05) is 11.5 Å². The van der Waals surface area contributed by atoms with E-state index in [0.717, 1.165) is 0 Å². The minimum atomic E-state index is -4.64. The first-order valence-electron chi connectivity index (χ1n) is 2.74. The van der Waals surface area contributed by atoms with E-state index in [2.05, 4.69) is 15.2 Å². The summed E-state index contributed by atoms with van der Waals surface area (Å²) >= 11 is 0. The number of halogens is 3. The number of hydrogen-bond acceptors (Lipinski definition) is 5. The summed E-state index contributed by atoms with van der Waals surface area (Å²) in [7, 11) is 0. The zero-order valence-corrected chi connectivity index (χ0v) is 5.63. The molecule has 0 unspecified atom stereocenters. The highest BCUT2D eigenvalue weighted by molar-refractivity contribution is 5.38. The highest BCUT2D eigenvalue weighted by atomic mass is 19.4. The molecule has 0 aliphatic heterocycles. The molecule has 1 heterocycles. The second-order valence-electron chi connectivity index (χ2n) is 1.90. The topological polar surface area (TPSA) is 90.7 Å². The van der Waals surface area contributed by atoms with E-state index in [-0.39, 0.29) is 5.95 Å². The molecule has 0 amide bonds. The van der Waals surface area contributed by atoms with Crippen LogP contribution in [0.5, 0.6) is 0 Å². The second kappa shape index (κ2) is 2.47. The Kier molecular flexibility index (Phi) is 1.75. The minimum Gasteiger partial charge on any atom is -0.382 e. The van der Waals surface area contributed by atoms with Crippen LogP contribution in [0.2, 0.25) is 0 Å². The molecule has 0 aromatic carbocycles. The number of anilines is 2. The molecule has 66 valence electrons. The molecule has 1 aromatic rings. The van der Waals surface area contributed by atoms with E-state index in [1.807, 2.05) is 0 Å². The fourth-order valence-corrected chi connectivity index (χ4v) is 0.553. The van der Waals surface area contributed by atoms with E-state index in [1.165, 1.54) is 0 Å². The maximum Gasteiger partial charge on any atom is 0.438 e. The third kappa shape index (κ3) is 1.52. The summed E-state index contributed by atoms with van der Waals surface area (Å²) in [5.41, 5.74) is 8.51. The lowest BCUT2D eigenvalue weighted by molar-refractivity contribution is -0.141. The van der Waals surface area contributed by atoms with Gasteiger partial charge in [-0.2, -0.15) is 18.2 Å². The smallest absolute Gasteiger partial charge is 0.382 e. The van der Waals surface area contributed by atoms with Crippen molar-refractivity contribution >= 4 is 11.8 Å². The summed E-state index contributed by atoms with van der Waals surface area (Å²) in [6.07, 6.45) is -4.64. The van der Waals surface area contributed by atoms with Gasteiger partial charge in [-0.05, 0) is 0 Å². The summed E-state index contributed by atoms with van der Waals surface area (Å²) in [4.78, 5) is 3.10. The molecule has 0 saturated heterocycles. The molecule has 0 aliphatic carbocycles. The molecule has 1 aromatic heterocycles. The summed E-state index contributed by atoms with van der Waals surface area (Å²) in [5.74, 6) is -1.16. The van der Waals surface area contributed by atoms with Gasteiger partial charge in [0.1, 0.15) is 0 Å². The van der Waals surface area contributed by atoms with Crippen LogP contribution in [-0.4, -0.2) is 15.2 Å². The molecule has 4 N–H and O–H groups in total. The van der Waals surface area contributed by atoms with Crippen LogP contribution in [0.4, 0.5) is 24.9 Å². The molecule has 0 saturated carbocycles. The quantitative estimate of drug-likeness (QED) is 0.587.